The van der Waals surface area contributed by atoms with Crippen LogP contribution in [0, 0.1) is 0 Å². The first kappa shape index (κ1) is 25.1. The van der Waals surface area contributed by atoms with Crippen LogP contribution in [0.4, 0.5) is 0 Å². The fourth-order valence-corrected chi connectivity index (χ4v) is 6.11. The molecule has 1 saturated heterocycles. The van der Waals surface area contributed by atoms with Gasteiger partial charge in [-0.25, -0.2) is 0 Å². The van der Waals surface area contributed by atoms with Crippen LogP contribution in [0.3, 0.4) is 0 Å². The van der Waals surface area contributed by atoms with Gasteiger partial charge < -0.3 is 29.5 Å². The van der Waals surface area contributed by atoms with Crippen molar-refractivity contribution in [3.05, 3.63) is 59.3 Å². The van der Waals surface area contributed by atoms with Crippen LogP contribution in [0.15, 0.2) is 42.5 Å². The molecule has 1 fully saturated rings. The zero-order valence-electron chi connectivity index (χ0n) is 22.1. The lowest BCUT2D eigenvalue weighted by Crippen LogP contribution is -2.69. The van der Waals surface area contributed by atoms with Crippen LogP contribution in [0.2, 0.25) is 0 Å². The van der Waals surface area contributed by atoms with E-state index < -0.39 is 11.6 Å². The number of phenolic OH excluding ortho intramolecular Hbond substituents is 1. The Balaban J connectivity index is 1.59. The van der Waals surface area contributed by atoms with Gasteiger partial charge in [-0.2, -0.15) is 0 Å². The minimum Gasteiger partial charge on any atom is -0.508 e. The van der Waals surface area contributed by atoms with E-state index in [2.05, 4.69) is 23.7 Å². The fraction of sp³-hybridized carbons (Fsp3) is 0.448. The highest BCUT2D eigenvalue weighted by Gasteiger charge is 2.55. The average Bonchev–Trinajstić information content (AvgIpc) is 3.25. The monoisotopic (exact) mass is 504 g/mol. The number of benzene rings is 2. The summed E-state index contributed by atoms with van der Waals surface area (Å²) < 4.78 is 5.49. The normalized spacial score (nSPS) is 21.5. The van der Waals surface area contributed by atoms with Gasteiger partial charge in [-0.15, -0.1) is 0 Å². The highest BCUT2D eigenvalue weighted by molar-refractivity contribution is 6.00. The number of aromatic amines is 1. The molecule has 2 aromatic carbocycles. The summed E-state index contributed by atoms with van der Waals surface area (Å²) in [5, 5.41) is 11.3. The number of rotatable bonds is 8. The molecule has 2 aliphatic rings. The number of H-pyrrole nitrogens is 1. The van der Waals surface area contributed by atoms with E-state index in [4.69, 9.17) is 4.74 Å². The summed E-state index contributed by atoms with van der Waals surface area (Å²) in [7, 11) is 1.64. The first-order valence-electron chi connectivity index (χ1n) is 13.1. The number of amides is 2. The number of hydrogen-bond donors (Lipinski definition) is 2. The Morgan fingerprint density at radius 1 is 1.16 bits per heavy atom. The Labute approximate surface area is 217 Å². The first-order chi connectivity index (χ1) is 17.8. The summed E-state index contributed by atoms with van der Waals surface area (Å²) in [4.78, 5) is 37.3. The van der Waals surface area contributed by atoms with Gasteiger partial charge >= 0.3 is 0 Å². The Morgan fingerprint density at radius 2 is 1.95 bits per heavy atom. The van der Waals surface area contributed by atoms with E-state index >= 15 is 0 Å². The molecular weight excluding hydrogens is 468 g/mol. The number of methoxy groups -OCH3 is 1. The third-order valence-electron chi connectivity index (χ3n) is 8.06. The number of ether oxygens (including phenoxy) is 1. The Morgan fingerprint density at radius 3 is 2.65 bits per heavy atom. The van der Waals surface area contributed by atoms with Gasteiger partial charge in [0.2, 0.25) is 11.8 Å². The number of aromatic hydroxyl groups is 1. The number of hydrogen-bond acceptors (Lipinski definition) is 5. The average molecular weight is 505 g/mol. The molecule has 0 bridgehead atoms. The zero-order chi connectivity index (χ0) is 26.3. The van der Waals surface area contributed by atoms with Crippen LogP contribution < -0.4 is 4.74 Å². The Kier molecular flexibility index (Phi) is 6.62. The van der Waals surface area contributed by atoms with Crippen molar-refractivity contribution in [1.29, 1.82) is 0 Å². The number of fused-ring (bicyclic) bond motifs is 4. The molecule has 1 aromatic heterocycles. The van der Waals surface area contributed by atoms with Crippen molar-refractivity contribution in [1.82, 2.24) is 19.7 Å². The van der Waals surface area contributed by atoms with Crippen LogP contribution in [0.25, 0.3) is 10.9 Å². The molecule has 5 rings (SSSR count). The fourth-order valence-electron chi connectivity index (χ4n) is 6.11. The number of phenols is 1. The summed E-state index contributed by atoms with van der Waals surface area (Å²) in [6, 6.07) is 12.3. The van der Waals surface area contributed by atoms with Gasteiger partial charge in [0.1, 0.15) is 17.0 Å². The van der Waals surface area contributed by atoms with Crippen molar-refractivity contribution in [2.24, 2.45) is 0 Å². The number of carbonyl (C=O) groups excluding carboxylic acids is 2. The minimum absolute atomic E-state index is 0.0281. The Bertz CT molecular complexity index is 1330. The molecule has 8 heteroatoms. The smallest absolute Gasteiger partial charge is 0.249 e. The largest absolute Gasteiger partial charge is 0.508 e. The molecule has 2 atom stereocenters. The topological polar surface area (TPSA) is 89.1 Å². The van der Waals surface area contributed by atoms with E-state index in [-0.39, 0.29) is 24.1 Å². The lowest BCUT2D eigenvalue weighted by Gasteiger charge is -2.53. The van der Waals surface area contributed by atoms with E-state index in [9.17, 15) is 14.7 Å². The van der Waals surface area contributed by atoms with E-state index in [0.717, 1.165) is 59.5 Å². The lowest BCUT2D eigenvalue weighted by molar-refractivity contribution is -0.167. The SMILES string of the molecule is CCN(CC)CCCN1CC(=O)N2[C@H](c3cccc(O)c3)c3[nH]c4ccc(OC)cc4c3C[C@@]2(C)C1=O. The van der Waals surface area contributed by atoms with Gasteiger partial charge in [-0.05, 0) is 74.4 Å². The Hall–Kier alpha value is -3.52. The number of aromatic nitrogens is 1. The molecule has 0 spiro atoms. The third kappa shape index (κ3) is 4.23. The molecule has 0 radical (unpaired) electrons. The van der Waals surface area contributed by atoms with E-state index in [0.29, 0.717) is 13.0 Å². The molecule has 2 aliphatic heterocycles. The summed E-state index contributed by atoms with van der Waals surface area (Å²) in [5.74, 6) is 0.748. The van der Waals surface area contributed by atoms with Crippen LogP contribution in [-0.4, -0.2) is 82.0 Å². The molecule has 0 unspecified atom stereocenters. The van der Waals surface area contributed by atoms with Crippen molar-refractivity contribution >= 4 is 22.7 Å². The molecule has 196 valence electrons. The molecular formula is C29H36N4O4. The van der Waals surface area contributed by atoms with E-state index in [1.807, 2.05) is 31.2 Å². The maximum atomic E-state index is 14.1. The molecule has 3 aromatic rings. The maximum absolute atomic E-state index is 14.1. The molecule has 2 amide bonds. The van der Waals surface area contributed by atoms with Crippen molar-refractivity contribution in [3.63, 3.8) is 0 Å². The molecule has 8 nitrogen and oxygen atoms in total. The van der Waals surface area contributed by atoms with Crippen LogP contribution in [-0.2, 0) is 16.0 Å². The second-order valence-corrected chi connectivity index (χ2v) is 10.2. The van der Waals surface area contributed by atoms with Crippen LogP contribution in [0.5, 0.6) is 11.5 Å². The minimum atomic E-state index is -1.05. The van der Waals surface area contributed by atoms with Gasteiger partial charge in [-0.3, -0.25) is 9.59 Å². The zero-order valence-corrected chi connectivity index (χ0v) is 22.1. The number of nitrogens with zero attached hydrogens (tertiary/aromatic N) is 3. The quantitative estimate of drug-likeness (QED) is 0.489. The van der Waals surface area contributed by atoms with Crippen molar-refractivity contribution < 1.29 is 19.4 Å². The van der Waals surface area contributed by atoms with Gasteiger partial charge in [0, 0.05) is 29.6 Å². The molecule has 0 aliphatic carbocycles. The van der Waals surface area contributed by atoms with Crippen molar-refractivity contribution in [2.45, 2.75) is 45.2 Å². The van der Waals surface area contributed by atoms with E-state index in [1.165, 1.54) is 0 Å². The maximum Gasteiger partial charge on any atom is 0.249 e. The summed E-state index contributed by atoms with van der Waals surface area (Å²) in [6.45, 7) is 9.59. The highest BCUT2D eigenvalue weighted by Crippen LogP contribution is 2.47. The molecule has 0 saturated carbocycles. The highest BCUT2D eigenvalue weighted by atomic mass is 16.5. The van der Waals surface area contributed by atoms with Crippen LogP contribution in [0.1, 0.15) is 50.1 Å². The molecule has 3 heterocycles. The van der Waals surface area contributed by atoms with Gasteiger partial charge in [0.05, 0.1) is 19.7 Å². The van der Waals surface area contributed by atoms with E-state index in [1.54, 1.807) is 35.1 Å². The second-order valence-electron chi connectivity index (χ2n) is 10.2. The number of piperazine rings is 1. The standard InChI is InChI=1S/C29H36N4O4/c1-5-31(6-2)13-8-14-32-18-25(35)33-27(19-9-7-10-20(34)15-19)26-23(17-29(33,3)28(32)36)22-16-21(37-4)11-12-24(22)30-26/h7,9-12,15-16,27,30,34H,5-6,8,13-14,17-18H2,1-4H3/t27-,29+/m1/s1. The molecule has 2 N–H and O–H groups in total. The van der Waals surface area contributed by atoms with Gasteiger partial charge in [-0.1, -0.05) is 26.0 Å². The lowest BCUT2D eigenvalue weighted by atomic mass is 9.78. The number of nitrogens with one attached hydrogen (secondary N) is 1. The number of carbonyl (C=O) groups is 2. The van der Waals surface area contributed by atoms with Gasteiger partial charge in [0.25, 0.3) is 0 Å². The van der Waals surface area contributed by atoms with Crippen molar-refractivity contribution in [2.75, 3.05) is 39.8 Å². The van der Waals surface area contributed by atoms with Crippen LogP contribution >= 0.6 is 0 Å². The third-order valence-corrected chi connectivity index (χ3v) is 8.06. The summed E-state index contributed by atoms with van der Waals surface area (Å²) in [6.07, 6.45) is 1.23. The summed E-state index contributed by atoms with van der Waals surface area (Å²) in [5.41, 5.74) is 2.53. The second kappa shape index (κ2) is 9.74. The van der Waals surface area contributed by atoms with Crippen molar-refractivity contribution in [3.8, 4) is 11.5 Å². The van der Waals surface area contributed by atoms with Gasteiger partial charge in [0.15, 0.2) is 0 Å². The summed E-state index contributed by atoms with van der Waals surface area (Å²) >= 11 is 0. The predicted molar refractivity (Wildman–Crippen MR) is 143 cm³/mol. The first-order valence-corrected chi connectivity index (χ1v) is 13.1. The predicted octanol–water partition coefficient (Wildman–Crippen LogP) is 3.69. The molecule has 37 heavy (non-hydrogen) atoms.